The van der Waals surface area contributed by atoms with Gasteiger partial charge in [-0.3, -0.25) is 4.79 Å². The predicted octanol–water partition coefficient (Wildman–Crippen LogP) is 2.74. The molecule has 1 atom stereocenters. The SMILES string of the molecule is CC1CN(C(=O)c2ccc(C(F)(F)F)c(I)c2)CCN1. The molecule has 1 N–H and O–H groups in total. The summed E-state index contributed by atoms with van der Waals surface area (Å²) in [6, 6.07) is 3.72. The van der Waals surface area contributed by atoms with Crippen LogP contribution >= 0.6 is 22.6 Å². The van der Waals surface area contributed by atoms with Crippen LogP contribution in [0.3, 0.4) is 0 Å². The van der Waals surface area contributed by atoms with Gasteiger partial charge in [-0.2, -0.15) is 13.2 Å². The van der Waals surface area contributed by atoms with Crippen molar-refractivity contribution in [2.75, 3.05) is 19.6 Å². The molecule has 1 unspecified atom stereocenters. The molecule has 7 heteroatoms. The van der Waals surface area contributed by atoms with Crippen LogP contribution in [0.2, 0.25) is 0 Å². The molecule has 1 aliphatic rings. The Bertz CT molecular complexity index is 519. The van der Waals surface area contributed by atoms with Crippen molar-refractivity contribution in [3.05, 3.63) is 32.9 Å². The average molecular weight is 398 g/mol. The van der Waals surface area contributed by atoms with Gasteiger partial charge in [-0.05, 0) is 47.7 Å². The van der Waals surface area contributed by atoms with E-state index in [9.17, 15) is 18.0 Å². The highest BCUT2D eigenvalue weighted by Gasteiger charge is 2.33. The number of nitrogens with one attached hydrogen (secondary N) is 1. The molecule has 0 spiro atoms. The van der Waals surface area contributed by atoms with Gasteiger partial charge in [0.25, 0.3) is 5.91 Å². The fraction of sp³-hybridized carbons (Fsp3) is 0.462. The number of halogens is 4. The highest BCUT2D eigenvalue weighted by molar-refractivity contribution is 14.1. The second kappa shape index (κ2) is 5.88. The Balaban J connectivity index is 2.21. The summed E-state index contributed by atoms with van der Waals surface area (Å²) in [6.07, 6.45) is -4.39. The zero-order valence-electron chi connectivity index (χ0n) is 10.8. The van der Waals surface area contributed by atoms with E-state index >= 15 is 0 Å². The molecule has 1 aromatic rings. The van der Waals surface area contributed by atoms with Gasteiger partial charge in [-0.15, -0.1) is 0 Å². The van der Waals surface area contributed by atoms with Gasteiger partial charge < -0.3 is 10.2 Å². The lowest BCUT2D eigenvalue weighted by Gasteiger charge is -2.32. The first-order valence-corrected chi connectivity index (χ1v) is 7.26. The highest BCUT2D eigenvalue weighted by atomic mass is 127. The zero-order valence-corrected chi connectivity index (χ0v) is 13.0. The third-order valence-corrected chi connectivity index (χ3v) is 4.07. The summed E-state index contributed by atoms with van der Waals surface area (Å²) >= 11 is 1.62. The molecule has 20 heavy (non-hydrogen) atoms. The molecule has 0 aliphatic carbocycles. The molecule has 1 aliphatic heterocycles. The van der Waals surface area contributed by atoms with Gasteiger partial charge in [-0.1, -0.05) is 0 Å². The summed E-state index contributed by atoms with van der Waals surface area (Å²) in [6.45, 7) is 3.80. The van der Waals surface area contributed by atoms with Crippen molar-refractivity contribution in [3.63, 3.8) is 0 Å². The molecule has 0 saturated carbocycles. The van der Waals surface area contributed by atoms with Crippen LogP contribution < -0.4 is 5.32 Å². The Kier molecular flexibility index (Phi) is 4.58. The summed E-state index contributed by atoms with van der Waals surface area (Å²) in [4.78, 5) is 13.9. The van der Waals surface area contributed by atoms with E-state index in [4.69, 9.17) is 0 Å². The molecular formula is C13H14F3IN2O. The van der Waals surface area contributed by atoms with Gasteiger partial charge in [0.1, 0.15) is 0 Å². The van der Waals surface area contributed by atoms with E-state index in [1.165, 1.54) is 12.1 Å². The first-order chi connectivity index (χ1) is 9.29. The molecule has 0 radical (unpaired) electrons. The maximum Gasteiger partial charge on any atom is 0.417 e. The monoisotopic (exact) mass is 398 g/mol. The average Bonchev–Trinajstić information content (AvgIpc) is 2.36. The maximum absolute atomic E-state index is 12.7. The van der Waals surface area contributed by atoms with E-state index in [1.807, 2.05) is 6.92 Å². The van der Waals surface area contributed by atoms with Crippen LogP contribution in [0.5, 0.6) is 0 Å². The van der Waals surface area contributed by atoms with Crippen LogP contribution in [0.15, 0.2) is 18.2 Å². The van der Waals surface area contributed by atoms with Crippen LogP contribution in [0.4, 0.5) is 13.2 Å². The lowest BCUT2D eigenvalue weighted by atomic mass is 10.1. The second-order valence-corrected chi connectivity index (χ2v) is 5.96. The standard InChI is InChI=1S/C13H14F3IN2O/c1-8-7-19(5-4-18-8)12(20)9-2-3-10(11(17)6-9)13(14,15)16/h2-3,6,8,18H,4-5,7H2,1H3. The number of nitrogens with zero attached hydrogens (tertiary/aromatic N) is 1. The number of alkyl halides is 3. The number of carbonyl (C=O) groups excluding carboxylic acids is 1. The Morgan fingerprint density at radius 3 is 2.70 bits per heavy atom. The molecule has 2 rings (SSSR count). The molecule has 1 fully saturated rings. The maximum atomic E-state index is 12.7. The zero-order chi connectivity index (χ0) is 14.9. The number of hydrogen-bond acceptors (Lipinski definition) is 2. The summed E-state index contributed by atoms with van der Waals surface area (Å²) in [5.41, 5.74) is -0.403. The van der Waals surface area contributed by atoms with E-state index in [0.29, 0.717) is 25.2 Å². The molecule has 0 aromatic heterocycles. The van der Waals surface area contributed by atoms with Crippen molar-refractivity contribution in [1.29, 1.82) is 0 Å². The number of piperazine rings is 1. The first kappa shape index (κ1) is 15.6. The quantitative estimate of drug-likeness (QED) is 0.739. The van der Waals surface area contributed by atoms with Crippen LogP contribution in [-0.2, 0) is 6.18 Å². The Labute approximate surface area is 128 Å². The van der Waals surface area contributed by atoms with E-state index in [2.05, 4.69) is 5.32 Å². The topological polar surface area (TPSA) is 32.3 Å². The summed E-state index contributed by atoms with van der Waals surface area (Å²) in [7, 11) is 0. The lowest BCUT2D eigenvalue weighted by molar-refractivity contribution is -0.138. The van der Waals surface area contributed by atoms with Crippen molar-refractivity contribution in [3.8, 4) is 0 Å². The Hall–Kier alpha value is -0.830. The van der Waals surface area contributed by atoms with Crippen molar-refractivity contribution in [2.45, 2.75) is 19.1 Å². The molecule has 0 bridgehead atoms. The lowest BCUT2D eigenvalue weighted by Crippen LogP contribution is -2.51. The summed E-state index contributed by atoms with van der Waals surface area (Å²) in [5.74, 6) is -0.218. The smallest absolute Gasteiger partial charge is 0.336 e. The Morgan fingerprint density at radius 2 is 2.15 bits per heavy atom. The number of rotatable bonds is 1. The molecule has 110 valence electrons. The van der Waals surface area contributed by atoms with E-state index in [-0.39, 0.29) is 15.5 Å². The van der Waals surface area contributed by atoms with Gasteiger partial charge in [0, 0.05) is 34.8 Å². The van der Waals surface area contributed by atoms with Crippen molar-refractivity contribution in [1.82, 2.24) is 10.2 Å². The second-order valence-electron chi connectivity index (χ2n) is 4.80. The fourth-order valence-corrected chi connectivity index (χ4v) is 3.00. The summed E-state index contributed by atoms with van der Waals surface area (Å²) < 4.78 is 38.1. The number of carbonyl (C=O) groups is 1. The number of benzene rings is 1. The van der Waals surface area contributed by atoms with Crippen molar-refractivity contribution in [2.24, 2.45) is 0 Å². The van der Waals surface area contributed by atoms with Crippen LogP contribution in [0.25, 0.3) is 0 Å². The van der Waals surface area contributed by atoms with Gasteiger partial charge in [0.15, 0.2) is 0 Å². The van der Waals surface area contributed by atoms with Crippen LogP contribution in [0.1, 0.15) is 22.8 Å². The molecule has 3 nitrogen and oxygen atoms in total. The number of hydrogen-bond donors (Lipinski definition) is 1. The normalized spacial score (nSPS) is 20.1. The van der Waals surface area contributed by atoms with Crippen LogP contribution in [-0.4, -0.2) is 36.5 Å². The van der Waals surface area contributed by atoms with Crippen LogP contribution in [0, 0.1) is 3.57 Å². The van der Waals surface area contributed by atoms with E-state index in [0.717, 1.165) is 6.07 Å². The van der Waals surface area contributed by atoms with E-state index < -0.39 is 11.7 Å². The third-order valence-electron chi connectivity index (χ3n) is 3.18. The molecule has 1 aromatic carbocycles. The first-order valence-electron chi connectivity index (χ1n) is 6.18. The Morgan fingerprint density at radius 1 is 1.45 bits per heavy atom. The number of amides is 1. The molecule has 1 heterocycles. The third kappa shape index (κ3) is 3.43. The van der Waals surface area contributed by atoms with E-state index in [1.54, 1.807) is 27.5 Å². The van der Waals surface area contributed by atoms with Gasteiger partial charge in [0.05, 0.1) is 5.56 Å². The summed E-state index contributed by atoms with van der Waals surface area (Å²) in [5, 5.41) is 3.21. The highest BCUT2D eigenvalue weighted by Crippen LogP contribution is 2.33. The minimum absolute atomic E-state index is 0.0455. The molecule has 1 amide bonds. The molecular weight excluding hydrogens is 384 g/mol. The molecule has 1 saturated heterocycles. The van der Waals surface area contributed by atoms with Gasteiger partial charge in [-0.25, -0.2) is 0 Å². The predicted molar refractivity (Wildman–Crippen MR) is 77.5 cm³/mol. The van der Waals surface area contributed by atoms with Crippen molar-refractivity contribution >= 4 is 28.5 Å². The van der Waals surface area contributed by atoms with Gasteiger partial charge >= 0.3 is 6.18 Å². The van der Waals surface area contributed by atoms with Gasteiger partial charge in [0.2, 0.25) is 0 Å². The minimum Gasteiger partial charge on any atom is -0.336 e. The van der Waals surface area contributed by atoms with Crippen molar-refractivity contribution < 1.29 is 18.0 Å². The minimum atomic E-state index is -4.39. The largest absolute Gasteiger partial charge is 0.417 e. The fourth-order valence-electron chi connectivity index (χ4n) is 2.18.